The first kappa shape index (κ1) is 15.1. The van der Waals surface area contributed by atoms with Gasteiger partial charge in [0.2, 0.25) is 0 Å². The molecule has 1 aliphatic carbocycles. The van der Waals surface area contributed by atoms with Gasteiger partial charge in [-0.1, -0.05) is 19.8 Å². The smallest absolute Gasteiger partial charge is 0.329 e. The van der Waals surface area contributed by atoms with Gasteiger partial charge in [-0.05, 0) is 31.6 Å². The SMILES string of the molecule is CC1CCCC(NC(=O)NC2CCOCC2)(C(=O)O)C1. The molecule has 6 heteroatoms. The molecular formula is C14H24N2O4. The van der Waals surface area contributed by atoms with Crippen molar-refractivity contribution >= 4 is 12.0 Å². The Bertz CT molecular complexity index is 368. The van der Waals surface area contributed by atoms with E-state index in [1.807, 2.05) is 6.92 Å². The minimum Gasteiger partial charge on any atom is -0.480 e. The predicted octanol–water partition coefficient (Wildman–Crippen LogP) is 1.50. The molecule has 20 heavy (non-hydrogen) atoms. The molecule has 3 N–H and O–H groups in total. The number of ether oxygens (including phenoxy) is 1. The maximum atomic E-state index is 12.1. The Labute approximate surface area is 119 Å². The van der Waals surface area contributed by atoms with Crippen LogP contribution in [0.4, 0.5) is 4.79 Å². The lowest BCUT2D eigenvalue weighted by molar-refractivity contribution is -0.146. The lowest BCUT2D eigenvalue weighted by Crippen LogP contribution is -2.60. The zero-order valence-electron chi connectivity index (χ0n) is 12.0. The third-order valence-corrected chi connectivity index (χ3v) is 4.32. The van der Waals surface area contributed by atoms with Gasteiger partial charge in [0.1, 0.15) is 5.54 Å². The van der Waals surface area contributed by atoms with Crippen LogP contribution in [0.3, 0.4) is 0 Å². The van der Waals surface area contributed by atoms with Gasteiger partial charge in [-0.2, -0.15) is 0 Å². The predicted molar refractivity (Wildman–Crippen MR) is 73.5 cm³/mol. The number of urea groups is 1. The van der Waals surface area contributed by atoms with Crippen LogP contribution in [0.5, 0.6) is 0 Å². The number of carbonyl (C=O) groups excluding carboxylic acids is 1. The first-order valence-electron chi connectivity index (χ1n) is 7.42. The van der Waals surface area contributed by atoms with E-state index in [1.165, 1.54) is 0 Å². The second-order valence-electron chi connectivity index (χ2n) is 6.07. The molecule has 0 radical (unpaired) electrons. The molecule has 6 nitrogen and oxygen atoms in total. The van der Waals surface area contributed by atoms with E-state index in [9.17, 15) is 14.7 Å². The van der Waals surface area contributed by atoms with Crippen LogP contribution in [0.1, 0.15) is 45.4 Å². The molecule has 2 aliphatic rings. The van der Waals surface area contributed by atoms with Crippen LogP contribution in [-0.2, 0) is 9.53 Å². The number of amides is 2. The minimum atomic E-state index is -1.10. The maximum Gasteiger partial charge on any atom is 0.329 e. The van der Waals surface area contributed by atoms with Gasteiger partial charge in [-0.15, -0.1) is 0 Å². The Morgan fingerprint density at radius 3 is 2.55 bits per heavy atom. The lowest BCUT2D eigenvalue weighted by Gasteiger charge is -2.37. The fraction of sp³-hybridized carbons (Fsp3) is 0.857. The molecule has 2 amide bonds. The molecule has 2 unspecified atom stereocenters. The van der Waals surface area contributed by atoms with Crippen LogP contribution in [0.15, 0.2) is 0 Å². The van der Waals surface area contributed by atoms with Crippen LogP contribution >= 0.6 is 0 Å². The van der Waals surface area contributed by atoms with Crippen molar-refractivity contribution in [3.8, 4) is 0 Å². The summed E-state index contributed by atoms with van der Waals surface area (Å²) in [6.45, 7) is 3.33. The van der Waals surface area contributed by atoms with Crippen molar-refractivity contribution in [1.29, 1.82) is 0 Å². The Kier molecular flexibility index (Phi) is 4.86. The number of carboxylic acid groups (broad SMARTS) is 1. The topological polar surface area (TPSA) is 87.7 Å². The van der Waals surface area contributed by atoms with Gasteiger partial charge in [0.25, 0.3) is 0 Å². The summed E-state index contributed by atoms with van der Waals surface area (Å²) in [5.41, 5.74) is -1.10. The molecule has 114 valence electrons. The second kappa shape index (κ2) is 6.43. The van der Waals surface area contributed by atoms with Crippen molar-refractivity contribution in [2.75, 3.05) is 13.2 Å². The summed E-state index contributed by atoms with van der Waals surface area (Å²) in [5, 5.41) is 15.1. The highest BCUT2D eigenvalue weighted by Gasteiger charge is 2.43. The van der Waals surface area contributed by atoms with E-state index in [0.717, 1.165) is 25.7 Å². The summed E-state index contributed by atoms with van der Waals surface area (Å²) in [4.78, 5) is 23.7. The van der Waals surface area contributed by atoms with Crippen molar-refractivity contribution in [1.82, 2.24) is 10.6 Å². The summed E-state index contributed by atoms with van der Waals surface area (Å²) in [6, 6.07) is -0.288. The summed E-state index contributed by atoms with van der Waals surface area (Å²) in [5.74, 6) is -0.602. The maximum absolute atomic E-state index is 12.1. The van der Waals surface area contributed by atoms with Crippen molar-refractivity contribution in [2.45, 2.75) is 57.0 Å². The van der Waals surface area contributed by atoms with Gasteiger partial charge in [0.05, 0.1) is 0 Å². The molecule has 0 aromatic heterocycles. The molecule has 1 heterocycles. The van der Waals surface area contributed by atoms with E-state index in [-0.39, 0.29) is 12.1 Å². The molecule has 1 saturated carbocycles. The number of carboxylic acids is 1. The summed E-state index contributed by atoms with van der Waals surface area (Å²) < 4.78 is 5.24. The Morgan fingerprint density at radius 2 is 1.95 bits per heavy atom. The molecule has 1 saturated heterocycles. The first-order valence-corrected chi connectivity index (χ1v) is 7.42. The number of nitrogens with one attached hydrogen (secondary N) is 2. The highest BCUT2D eigenvalue weighted by Crippen LogP contribution is 2.32. The number of rotatable bonds is 3. The third kappa shape index (κ3) is 3.62. The average molecular weight is 284 g/mol. The highest BCUT2D eigenvalue weighted by atomic mass is 16.5. The van der Waals surface area contributed by atoms with Crippen molar-refractivity contribution in [3.05, 3.63) is 0 Å². The Morgan fingerprint density at radius 1 is 1.25 bits per heavy atom. The fourth-order valence-electron chi connectivity index (χ4n) is 3.19. The number of hydrogen-bond acceptors (Lipinski definition) is 3. The van der Waals surface area contributed by atoms with Gasteiger partial charge >= 0.3 is 12.0 Å². The van der Waals surface area contributed by atoms with Gasteiger partial charge < -0.3 is 20.5 Å². The van der Waals surface area contributed by atoms with E-state index in [4.69, 9.17) is 4.74 Å². The monoisotopic (exact) mass is 284 g/mol. The number of hydrogen-bond donors (Lipinski definition) is 3. The third-order valence-electron chi connectivity index (χ3n) is 4.32. The largest absolute Gasteiger partial charge is 0.480 e. The summed E-state index contributed by atoms with van der Waals surface area (Å²) >= 11 is 0. The molecule has 0 bridgehead atoms. The number of aliphatic carboxylic acids is 1. The van der Waals surface area contributed by atoms with E-state index < -0.39 is 11.5 Å². The van der Waals surface area contributed by atoms with E-state index in [1.54, 1.807) is 0 Å². The van der Waals surface area contributed by atoms with E-state index in [0.29, 0.717) is 32.0 Å². The number of carbonyl (C=O) groups is 2. The van der Waals surface area contributed by atoms with Gasteiger partial charge in [-0.25, -0.2) is 9.59 Å². The molecule has 2 fully saturated rings. The second-order valence-corrected chi connectivity index (χ2v) is 6.07. The quantitative estimate of drug-likeness (QED) is 0.733. The van der Waals surface area contributed by atoms with Gasteiger partial charge in [0.15, 0.2) is 0 Å². The highest BCUT2D eigenvalue weighted by molar-refractivity contribution is 5.86. The van der Waals surface area contributed by atoms with E-state index in [2.05, 4.69) is 10.6 Å². The summed E-state index contributed by atoms with van der Waals surface area (Å²) in [6.07, 6.45) is 4.44. The molecular weight excluding hydrogens is 260 g/mol. The fourth-order valence-corrected chi connectivity index (χ4v) is 3.19. The van der Waals surface area contributed by atoms with Crippen molar-refractivity contribution < 1.29 is 19.4 Å². The zero-order valence-corrected chi connectivity index (χ0v) is 12.0. The Balaban J connectivity index is 1.93. The van der Waals surface area contributed by atoms with Gasteiger partial charge in [-0.3, -0.25) is 0 Å². The van der Waals surface area contributed by atoms with Crippen LogP contribution in [-0.4, -0.2) is 41.9 Å². The minimum absolute atomic E-state index is 0.0793. The molecule has 0 spiro atoms. The van der Waals surface area contributed by atoms with Crippen LogP contribution in [0.2, 0.25) is 0 Å². The standard InChI is InChI=1S/C14H24N2O4/c1-10-3-2-6-14(9-10,12(17)18)16-13(19)15-11-4-7-20-8-5-11/h10-11H,2-9H2,1H3,(H,17,18)(H2,15,16,19). The van der Waals surface area contributed by atoms with E-state index >= 15 is 0 Å². The summed E-state index contributed by atoms with van der Waals surface area (Å²) in [7, 11) is 0. The van der Waals surface area contributed by atoms with Crippen LogP contribution in [0.25, 0.3) is 0 Å². The molecule has 1 aliphatic heterocycles. The van der Waals surface area contributed by atoms with Crippen molar-refractivity contribution in [2.24, 2.45) is 5.92 Å². The van der Waals surface area contributed by atoms with Crippen LogP contribution in [0, 0.1) is 5.92 Å². The molecule has 0 aromatic carbocycles. The molecule has 2 rings (SSSR count). The average Bonchev–Trinajstić information content (AvgIpc) is 2.39. The normalized spacial score (nSPS) is 31.6. The molecule has 0 aromatic rings. The lowest BCUT2D eigenvalue weighted by atomic mass is 9.76. The van der Waals surface area contributed by atoms with Gasteiger partial charge in [0, 0.05) is 19.3 Å². The van der Waals surface area contributed by atoms with Crippen LogP contribution < -0.4 is 10.6 Å². The Hall–Kier alpha value is -1.30. The zero-order chi connectivity index (χ0) is 14.6. The van der Waals surface area contributed by atoms with Crippen molar-refractivity contribution in [3.63, 3.8) is 0 Å². The first-order chi connectivity index (χ1) is 9.52. The molecule has 2 atom stereocenters.